The van der Waals surface area contributed by atoms with Crippen LogP contribution < -0.4 is 14.8 Å². The Morgan fingerprint density at radius 3 is 2.28 bits per heavy atom. The molecule has 9 heteroatoms. The summed E-state index contributed by atoms with van der Waals surface area (Å²) in [5.41, 5.74) is 0. The fourth-order valence-electron chi connectivity index (χ4n) is 1.42. The molecule has 0 amide bonds. The Hall–Kier alpha value is -1.90. The number of nitrogens with one attached hydrogen (secondary N) is 1. The van der Waals surface area contributed by atoms with Crippen molar-refractivity contribution in [2.45, 2.75) is 6.04 Å². The highest BCUT2D eigenvalue weighted by Gasteiger charge is 2.22. The van der Waals surface area contributed by atoms with Gasteiger partial charge in [-0.15, -0.1) is 4.98 Å². The highest BCUT2D eigenvalue weighted by atomic mass is 32.2. The summed E-state index contributed by atoms with van der Waals surface area (Å²) in [5.74, 6) is 0.175. The van der Waals surface area contributed by atoms with Gasteiger partial charge in [0.15, 0.2) is 9.84 Å². The van der Waals surface area contributed by atoms with Gasteiger partial charge < -0.3 is 14.8 Å². The van der Waals surface area contributed by atoms with Crippen LogP contribution in [0.3, 0.4) is 0 Å². The first kappa shape index (κ1) is 12.6. The minimum Gasteiger partial charge on any atom is -0.467 e. The molecular weight excluding hydrogens is 260 g/mol. The first-order chi connectivity index (χ1) is 8.52. The van der Waals surface area contributed by atoms with Crippen molar-refractivity contribution in [3.8, 4) is 12.0 Å². The van der Waals surface area contributed by atoms with Crippen LogP contribution in [0.4, 0.5) is 5.95 Å². The molecule has 8 nitrogen and oxygen atoms in total. The Balaban J connectivity index is 2.17. The summed E-state index contributed by atoms with van der Waals surface area (Å²) in [5, 5.41) is 4.02. The van der Waals surface area contributed by atoms with E-state index in [9.17, 15) is 8.42 Å². The van der Waals surface area contributed by atoms with Gasteiger partial charge in [0.25, 0.3) is 0 Å². The van der Waals surface area contributed by atoms with E-state index in [1.165, 1.54) is 25.7 Å². The van der Waals surface area contributed by atoms with Crippen molar-refractivity contribution >= 4 is 15.8 Å². The molecule has 0 aliphatic carbocycles. The number of aromatic nitrogens is 3. The number of methoxy groups -OCH3 is 2. The van der Waals surface area contributed by atoms with E-state index in [-0.39, 0.29) is 29.8 Å². The SMILES string of the molecule is COc1nc(NC2C=CS(=O)(=O)C2)nc(OC)n1. The molecule has 18 heavy (non-hydrogen) atoms. The second kappa shape index (κ2) is 4.77. The van der Waals surface area contributed by atoms with Crippen LogP contribution in [0.25, 0.3) is 0 Å². The lowest BCUT2D eigenvalue weighted by Crippen LogP contribution is -2.22. The number of hydrogen-bond acceptors (Lipinski definition) is 8. The van der Waals surface area contributed by atoms with Crippen LogP contribution in [0.5, 0.6) is 12.0 Å². The monoisotopic (exact) mass is 272 g/mol. The molecule has 0 fully saturated rings. The van der Waals surface area contributed by atoms with E-state index in [0.29, 0.717) is 0 Å². The summed E-state index contributed by atoms with van der Waals surface area (Å²) in [6, 6.07) is -0.185. The molecule has 1 aliphatic rings. The van der Waals surface area contributed by atoms with E-state index in [2.05, 4.69) is 20.3 Å². The maximum Gasteiger partial charge on any atom is 0.324 e. The maximum atomic E-state index is 11.2. The number of hydrogen-bond donors (Lipinski definition) is 1. The number of sulfone groups is 1. The summed E-state index contributed by atoms with van der Waals surface area (Å²) in [6.45, 7) is 0. The van der Waals surface area contributed by atoms with Crippen molar-refractivity contribution in [3.05, 3.63) is 11.5 Å². The van der Waals surface area contributed by atoms with Crippen LogP contribution in [-0.2, 0) is 9.84 Å². The van der Waals surface area contributed by atoms with E-state index >= 15 is 0 Å². The standard InChI is InChI=1S/C9H12N4O4S/c1-16-8-11-7(12-9(13-8)17-2)10-6-3-4-18(14,15)5-6/h3-4,6H,5H2,1-2H3,(H,10,11,12,13). The molecule has 2 rings (SSSR count). The molecular formula is C9H12N4O4S. The second-order valence-electron chi connectivity index (χ2n) is 3.54. The Labute approximate surface area is 104 Å². The van der Waals surface area contributed by atoms with Crippen molar-refractivity contribution in [2.24, 2.45) is 0 Å². The van der Waals surface area contributed by atoms with Crippen LogP contribution in [0, 0.1) is 0 Å². The minimum absolute atomic E-state index is 0.0245. The molecule has 0 saturated carbocycles. The lowest BCUT2D eigenvalue weighted by atomic mass is 10.3. The molecule has 0 spiro atoms. The summed E-state index contributed by atoms with van der Waals surface area (Å²) in [7, 11) is -0.293. The van der Waals surface area contributed by atoms with Crippen molar-refractivity contribution in [2.75, 3.05) is 25.3 Å². The van der Waals surface area contributed by atoms with E-state index in [4.69, 9.17) is 9.47 Å². The van der Waals surface area contributed by atoms with Crippen LogP contribution >= 0.6 is 0 Å². The van der Waals surface area contributed by atoms with Gasteiger partial charge in [-0.05, 0) is 6.08 Å². The average molecular weight is 272 g/mol. The highest BCUT2D eigenvalue weighted by molar-refractivity contribution is 7.94. The van der Waals surface area contributed by atoms with Gasteiger partial charge in [0, 0.05) is 5.41 Å². The fourth-order valence-corrected chi connectivity index (χ4v) is 2.65. The van der Waals surface area contributed by atoms with Gasteiger partial charge in [-0.2, -0.15) is 9.97 Å². The quantitative estimate of drug-likeness (QED) is 0.790. The molecule has 0 aromatic carbocycles. The number of ether oxygens (including phenoxy) is 2. The average Bonchev–Trinajstić information content (AvgIpc) is 2.68. The molecule has 0 radical (unpaired) electrons. The zero-order valence-corrected chi connectivity index (χ0v) is 10.6. The van der Waals surface area contributed by atoms with Gasteiger partial charge in [-0.1, -0.05) is 0 Å². The van der Waals surface area contributed by atoms with Gasteiger partial charge in [0.1, 0.15) is 0 Å². The summed E-state index contributed by atoms with van der Waals surface area (Å²) >= 11 is 0. The molecule has 1 aromatic rings. The molecule has 98 valence electrons. The third-order valence-corrected chi connectivity index (χ3v) is 3.60. The minimum atomic E-state index is -3.12. The number of anilines is 1. The number of nitrogens with zero attached hydrogens (tertiary/aromatic N) is 3. The van der Waals surface area contributed by atoms with Crippen LogP contribution in [-0.4, -0.2) is 49.4 Å². The fraction of sp³-hybridized carbons (Fsp3) is 0.444. The Kier molecular flexibility index (Phi) is 3.32. The van der Waals surface area contributed by atoms with Gasteiger partial charge >= 0.3 is 12.0 Å². The molecule has 2 heterocycles. The third kappa shape index (κ3) is 2.86. The van der Waals surface area contributed by atoms with Crippen LogP contribution in [0.15, 0.2) is 11.5 Å². The molecule has 1 N–H and O–H groups in total. The van der Waals surface area contributed by atoms with E-state index < -0.39 is 9.84 Å². The molecule has 1 aliphatic heterocycles. The van der Waals surface area contributed by atoms with Crippen molar-refractivity contribution in [1.29, 1.82) is 0 Å². The van der Waals surface area contributed by atoms with Crippen molar-refractivity contribution < 1.29 is 17.9 Å². The normalized spacial score (nSPS) is 20.7. The van der Waals surface area contributed by atoms with Crippen molar-refractivity contribution in [1.82, 2.24) is 15.0 Å². The topological polar surface area (TPSA) is 103 Å². The highest BCUT2D eigenvalue weighted by Crippen LogP contribution is 2.16. The lowest BCUT2D eigenvalue weighted by molar-refractivity contribution is 0.341. The second-order valence-corrected chi connectivity index (χ2v) is 5.47. The zero-order valence-electron chi connectivity index (χ0n) is 9.82. The predicted octanol–water partition coefficient (Wildman–Crippen LogP) is -0.389. The largest absolute Gasteiger partial charge is 0.467 e. The van der Waals surface area contributed by atoms with E-state index in [1.807, 2.05) is 0 Å². The van der Waals surface area contributed by atoms with Gasteiger partial charge in [0.05, 0.1) is 26.0 Å². The third-order valence-electron chi connectivity index (χ3n) is 2.20. The number of rotatable bonds is 4. The first-order valence-corrected chi connectivity index (χ1v) is 6.75. The van der Waals surface area contributed by atoms with Crippen LogP contribution in [0.2, 0.25) is 0 Å². The van der Waals surface area contributed by atoms with Crippen molar-refractivity contribution in [3.63, 3.8) is 0 Å². The molecule has 1 unspecified atom stereocenters. The maximum absolute atomic E-state index is 11.2. The summed E-state index contributed by atoms with van der Waals surface area (Å²) < 4.78 is 32.3. The lowest BCUT2D eigenvalue weighted by Gasteiger charge is -2.10. The Bertz CT molecular complexity index is 550. The zero-order chi connectivity index (χ0) is 13.2. The Morgan fingerprint density at radius 2 is 1.83 bits per heavy atom. The summed E-state index contributed by atoms with van der Waals surface area (Å²) in [4.78, 5) is 11.7. The van der Waals surface area contributed by atoms with Crippen LogP contribution in [0.1, 0.15) is 0 Å². The Morgan fingerprint density at radius 1 is 1.22 bits per heavy atom. The molecule has 1 atom stereocenters. The van der Waals surface area contributed by atoms with Gasteiger partial charge in [0.2, 0.25) is 5.95 Å². The molecule has 1 aromatic heterocycles. The predicted molar refractivity (Wildman–Crippen MR) is 63.3 cm³/mol. The molecule has 0 saturated heterocycles. The van der Waals surface area contributed by atoms with E-state index in [0.717, 1.165) is 0 Å². The first-order valence-electron chi connectivity index (χ1n) is 5.04. The van der Waals surface area contributed by atoms with Gasteiger partial charge in [-0.3, -0.25) is 0 Å². The van der Waals surface area contributed by atoms with Gasteiger partial charge in [-0.25, -0.2) is 8.42 Å². The summed E-state index contributed by atoms with van der Waals surface area (Å²) in [6.07, 6.45) is 1.54. The smallest absolute Gasteiger partial charge is 0.324 e. The molecule has 0 bridgehead atoms. The van der Waals surface area contributed by atoms with E-state index in [1.54, 1.807) is 0 Å².